The van der Waals surface area contributed by atoms with E-state index in [0.717, 1.165) is 11.1 Å². The molecule has 1 unspecified atom stereocenters. The smallest absolute Gasteiger partial charge is 0.258 e. The minimum absolute atomic E-state index is 0.315. The highest BCUT2D eigenvalue weighted by molar-refractivity contribution is 6.31. The second-order valence-corrected chi connectivity index (χ2v) is 4.25. The first kappa shape index (κ1) is 12.1. The summed E-state index contributed by atoms with van der Waals surface area (Å²) in [5.41, 5.74) is 1.74. The standard InChI is InChI=1S/C12H13ClN2O2/c1-3-10(16)11-14-12(17-15-11)8-4-5-9(13)7(2)6-8/h4-6,10,16H,3H2,1-2H3. The van der Waals surface area contributed by atoms with Crippen LogP contribution in [0.15, 0.2) is 22.7 Å². The molecule has 5 heteroatoms. The van der Waals surface area contributed by atoms with Gasteiger partial charge < -0.3 is 9.63 Å². The number of halogens is 1. The number of hydrogen-bond acceptors (Lipinski definition) is 4. The first-order chi connectivity index (χ1) is 8.11. The summed E-state index contributed by atoms with van der Waals surface area (Å²) in [6.07, 6.45) is -0.126. The summed E-state index contributed by atoms with van der Waals surface area (Å²) >= 11 is 5.94. The van der Waals surface area contributed by atoms with Gasteiger partial charge in [0.15, 0.2) is 0 Å². The molecule has 1 aromatic heterocycles. The Morgan fingerprint density at radius 3 is 2.88 bits per heavy atom. The lowest BCUT2D eigenvalue weighted by Gasteiger charge is -2.00. The molecule has 2 rings (SSSR count). The zero-order valence-corrected chi connectivity index (χ0v) is 10.4. The van der Waals surface area contributed by atoms with Crippen molar-refractivity contribution in [2.24, 2.45) is 0 Å². The zero-order valence-electron chi connectivity index (χ0n) is 9.64. The third-order valence-corrected chi connectivity index (χ3v) is 2.96. The topological polar surface area (TPSA) is 59.2 Å². The largest absolute Gasteiger partial charge is 0.385 e. The fraction of sp³-hybridized carbons (Fsp3) is 0.333. The normalized spacial score (nSPS) is 12.7. The number of aliphatic hydroxyl groups excluding tert-OH is 1. The maximum Gasteiger partial charge on any atom is 0.258 e. The van der Waals surface area contributed by atoms with E-state index in [1.165, 1.54) is 0 Å². The molecule has 1 N–H and O–H groups in total. The molecule has 90 valence electrons. The van der Waals surface area contributed by atoms with Gasteiger partial charge >= 0.3 is 0 Å². The van der Waals surface area contributed by atoms with Crippen molar-refractivity contribution in [3.8, 4) is 11.5 Å². The van der Waals surface area contributed by atoms with Gasteiger partial charge in [-0.1, -0.05) is 23.7 Å². The van der Waals surface area contributed by atoms with Crippen LogP contribution in [0.25, 0.3) is 11.5 Å². The molecular weight excluding hydrogens is 240 g/mol. The first-order valence-electron chi connectivity index (χ1n) is 5.40. The van der Waals surface area contributed by atoms with E-state index in [2.05, 4.69) is 10.1 Å². The molecule has 0 amide bonds. The number of aryl methyl sites for hydroxylation is 1. The van der Waals surface area contributed by atoms with Gasteiger partial charge in [0.25, 0.3) is 5.89 Å². The van der Waals surface area contributed by atoms with Crippen molar-refractivity contribution in [1.29, 1.82) is 0 Å². The van der Waals surface area contributed by atoms with Gasteiger partial charge in [-0.25, -0.2) is 0 Å². The molecule has 0 fully saturated rings. The highest BCUT2D eigenvalue weighted by Crippen LogP contribution is 2.24. The van der Waals surface area contributed by atoms with Crippen LogP contribution in [0.1, 0.15) is 30.8 Å². The van der Waals surface area contributed by atoms with E-state index in [9.17, 15) is 5.11 Å². The minimum Gasteiger partial charge on any atom is -0.385 e. The summed E-state index contributed by atoms with van der Waals surface area (Å²) in [5, 5.41) is 14.0. The highest BCUT2D eigenvalue weighted by atomic mass is 35.5. The number of benzene rings is 1. The van der Waals surface area contributed by atoms with Crippen molar-refractivity contribution in [2.75, 3.05) is 0 Å². The van der Waals surface area contributed by atoms with Crippen LogP contribution in [0.4, 0.5) is 0 Å². The Morgan fingerprint density at radius 1 is 1.47 bits per heavy atom. The predicted molar refractivity (Wildman–Crippen MR) is 64.7 cm³/mol. The number of hydrogen-bond donors (Lipinski definition) is 1. The quantitative estimate of drug-likeness (QED) is 0.912. The Hall–Kier alpha value is -1.39. The molecule has 0 aliphatic rings. The fourth-order valence-corrected chi connectivity index (χ4v) is 1.57. The van der Waals surface area contributed by atoms with Gasteiger partial charge in [-0.3, -0.25) is 0 Å². The maximum absolute atomic E-state index is 9.58. The van der Waals surface area contributed by atoms with Crippen molar-refractivity contribution in [3.05, 3.63) is 34.6 Å². The minimum atomic E-state index is -0.680. The van der Waals surface area contributed by atoms with E-state index in [-0.39, 0.29) is 0 Å². The van der Waals surface area contributed by atoms with Gasteiger partial charge in [0.1, 0.15) is 6.10 Å². The Morgan fingerprint density at radius 2 is 2.24 bits per heavy atom. The Labute approximate surface area is 104 Å². The number of aliphatic hydroxyl groups is 1. The monoisotopic (exact) mass is 252 g/mol. The van der Waals surface area contributed by atoms with Gasteiger partial charge in [0.05, 0.1) is 0 Å². The Balaban J connectivity index is 2.33. The molecule has 0 saturated heterocycles. The molecule has 2 aromatic rings. The van der Waals surface area contributed by atoms with E-state index in [1.807, 2.05) is 26.0 Å². The molecule has 17 heavy (non-hydrogen) atoms. The lowest BCUT2D eigenvalue weighted by molar-refractivity contribution is 0.159. The van der Waals surface area contributed by atoms with Crippen molar-refractivity contribution in [1.82, 2.24) is 10.1 Å². The third kappa shape index (κ3) is 2.48. The van der Waals surface area contributed by atoms with Crippen molar-refractivity contribution in [2.45, 2.75) is 26.4 Å². The number of nitrogens with zero attached hydrogens (tertiary/aromatic N) is 2. The average Bonchev–Trinajstić information content (AvgIpc) is 2.81. The van der Waals surface area contributed by atoms with Gasteiger partial charge in [-0.15, -0.1) is 0 Å². The summed E-state index contributed by atoms with van der Waals surface area (Å²) in [5.74, 6) is 0.711. The first-order valence-corrected chi connectivity index (χ1v) is 5.77. The Bertz CT molecular complexity index is 525. The molecule has 0 spiro atoms. The van der Waals surface area contributed by atoms with Crippen LogP contribution in [0, 0.1) is 6.92 Å². The Kier molecular flexibility index (Phi) is 3.45. The second kappa shape index (κ2) is 4.85. The molecule has 0 aliphatic carbocycles. The van der Waals surface area contributed by atoms with Crippen LogP contribution >= 0.6 is 11.6 Å². The van der Waals surface area contributed by atoms with E-state index < -0.39 is 6.10 Å². The van der Waals surface area contributed by atoms with E-state index in [0.29, 0.717) is 23.2 Å². The summed E-state index contributed by atoms with van der Waals surface area (Å²) < 4.78 is 5.10. The molecule has 1 atom stereocenters. The molecule has 0 aliphatic heterocycles. The lowest BCUT2D eigenvalue weighted by Crippen LogP contribution is -1.97. The van der Waals surface area contributed by atoms with Crippen molar-refractivity contribution >= 4 is 11.6 Å². The molecule has 0 saturated carbocycles. The second-order valence-electron chi connectivity index (χ2n) is 3.85. The highest BCUT2D eigenvalue weighted by Gasteiger charge is 2.14. The van der Waals surface area contributed by atoms with E-state index in [1.54, 1.807) is 6.07 Å². The molecule has 1 aromatic carbocycles. The van der Waals surface area contributed by atoms with Crippen LogP contribution in [0.5, 0.6) is 0 Å². The summed E-state index contributed by atoms with van der Waals surface area (Å²) in [7, 11) is 0. The number of aromatic nitrogens is 2. The SMILES string of the molecule is CCC(O)c1noc(-c2ccc(Cl)c(C)c2)n1. The number of rotatable bonds is 3. The van der Waals surface area contributed by atoms with Gasteiger partial charge in [0, 0.05) is 10.6 Å². The fourth-order valence-electron chi connectivity index (χ4n) is 1.45. The summed E-state index contributed by atoms with van der Waals surface area (Å²) in [6.45, 7) is 3.76. The summed E-state index contributed by atoms with van der Waals surface area (Å²) in [4.78, 5) is 4.15. The summed E-state index contributed by atoms with van der Waals surface area (Å²) in [6, 6.07) is 5.47. The van der Waals surface area contributed by atoms with Gasteiger partial charge in [-0.05, 0) is 37.1 Å². The van der Waals surface area contributed by atoms with Crippen LogP contribution < -0.4 is 0 Å². The van der Waals surface area contributed by atoms with Crippen LogP contribution in [-0.2, 0) is 0 Å². The van der Waals surface area contributed by atoms with Gasteiger partial charge in [-0.2, -0.15) is 4.98 Å². The molecular formula is C12H13ClN2O2. The predicted octanol–water partition coefficient (Wildman–Crippen LogP) is 3.14. The van der Waals surface area contributed by atoms with Crippen LogP contribution in [-0.4, -0.2) is 15.2 Å². The van der Waals surface area contributed by atoms with E-state index >= 15 is 0 Å². The third-order valence-electron chi connectivity index (χ3n) is 2.53. The molecule has 1 heterocycles. The molecule has 0 bridgehead atoms. The van der Waals surface area contributed by atoms with Crippen molar-refractivity contribution in [3.63, 3.8) is 0 Å². The van der Waals surface area contributed by atoms with Crippen LogP contribution in [0.3, 0.4) is 0 Å². The molecule has 4 nitrogen and oxygen atoms in total. The van der Waals surface area contributed by atoms with Crippen molar-refractivity contribution < 1.29 is 9.63 Å². The molecule has 0 radical (unpaired) electrons. The van der Waals surface area contributed by atoms with Crippen LogP contribution in [0.2, 0.25) is 5.02 Å². The average molecular weight is 253 g/mol. The lowest BCUT2D eigenvalue weighted by atomic mass is 10.1. The van der Waals surface area contributed by atoms with Gasteiger partial charge in [0.2, 0.25) is 5.82 Å². The zero-order chi connectivity index (χ0) is 12.4. The van der Waals surface area contributed by atoms with E-state index in [4.69, 9.17) is 16.1 Å². The maximum atomic E-state index is 9.58.